The molecule has 0 aromatic heterocycles. The van der Waals surface area contributed by atoms with Gasteiger partial charge in [0.2, 0.25) is 0 Å². The van der Waals surface area contributed by atoms with E-state index < -0.39 is 45.9 Å². The average molecular weight is 716 g/mol. The number of nitrogens with one attached hydrogen (secondary N) is 2. The molecule has 0 bridgehead atoms. The van der Waals surface area contributed by atoms with Crippen molar-refractivity contribution in [3.05, 3.63) is 89.0 Å². The largest absolute Gasteiger partial charge is 0.480 e. The molecule has 0 saturated carbocycles. The number of anilines is 2. The number of Topliss-reactive ketones (excluding diaryl/α,β-unsaturated/α-hetero) is 1. The fourth-order valence-electron chi connectivity index (χ4n) is 5.81. The van der Waals surface area contributed by atoms with Crippen LogP contribution < -0.4 is 15.4 Å². The minimum atomic E-state index is -2.70. The first-order valence-corrected chi connectivity index (χ1v) is 17.9. The Morgan fingerprint density at radius 2 is 1.35 bits per heavy atom. The van der Waals surface area contributed by atoms with Gasteiger partial charge in [0.25, 0.3) is 28.6 Å². The zero-order chi connectivity index (χ0) is 38.1. The number of carbonyl (C=O) groups excluding carboxylic acids is 5. The van der Waals surface area contributed by atoms with Gasteiger partial charge in [-0.2, -0.15) is 0 Å². The molecule has 4 amide bonds. The van der Waals surface area contributed by atoms with Gasteiger partial charge in [-0.05, 0) is 72.1 Å². The summed E-state index contributed by atoms with van der Waals surface area (Å²) in [4.78, 5) is 66.7. The van der Waals surface area contributed by atoms with Crippen LogP contribution in [0.3, 0.4) is 0 Å². The maximum absolute atomic E-state index is 13.9. The summed E-state index contributed by atoms with van der Waals surface area (Å²) in [5.41, 5.74) is 1.15. The van der Waals surface area contributed by atoms with Crippen LogP contribution in [0.25, 0.3) is 0 Å². The number of ketones is 1. The van der Waals surface area contributed by atoms with Gasteiger partial charge in [0, 0.05) is 22.4 Å². The highest BCUT2D eigenvalue weighted by atomic mass is 35.5. The standard InChI is InChI=1S/C41H50ClN3O6/c1-11-31(51-32-22-19-25(39(7,8)12-2)23-30(32)40(9,10)13-3)33(46)43-27-20-21-28-29(24-27)35(48)45(34(28)47)41(42,36(49)38(4,5)6)37(50)44-26-17-15-14-16-18-26/h14-24,31H,11-13H2,1-10H3,(H,43,46)(H,44,50). The number of hydrogen-bond acceptors (Lipinski definition) is 6. The number of ether oxygens (including phenoxy) is 1. The summed E-state index contributed by atoms with van der Waals surface area (Å²) < 4.78 is 6.40. The van der Waals surface area contributed by atoms with E-state index in [1.165, 1.54) is 23.8 Å². The summed E-state index contributed by atoms with van der Waals surface area (Å²) in [6.45, 7) is 19.5. The second-order valence-corrected chi connectivity index (χ2v) is 16.0. The van der Waals surface area contributed by atoms with E-state index in [1.54, 1.807) is 51.1 Å². The molecule has 272 valence electrons. The lowest BCUT2D eigenvalue weighted by molar-refractivity contribution is -0.139. The van der Waals surface area contributed by atoms with E-state index in [9.17, 15) is 24.0 Å². The number of alkyl halides is 1. The second-order valence-electron chi connectivity index (χ2n) is 15.4. The Bertz CT molecular complexity index is 1850. The molecule has 4 rings (SSSR count). The van der Waals surface area contributed by atoms with Crippen molar-refractivity contribution in [3.8, 4) is 5.75 Å². The maximum atomic E-state index is 13.9. The van der Waals surface area contributed by atoms with Crippen molar-refractivity contribution in [2.75, 3.05) is 10.6 Å². The molecule has 0 spiro atoms. The minimum absolute atomic E-state index is 0.0323. The van der Waals surface area contributed by atoms with Gasteiger partial charge in [-0.1, -0.05) is 111 Å². The van der Waals surface area contributed by atoms with Crippen molar-refractivity contribution >= 4 is 52.4 Å². The normalized spacial score (nSPS) is 15.2. The van der Waals surface area contributed by atoms with E-state index in [0.29, 0.717) is 22.8 Å². The Morgan fingerprint density at radius 1 is 0.745 bits per heavy atom. The molecule has 10 heteroatoms. The highest BCUT2D eigenvalue weighted by molar-refractivity contribution is 6.51. The van der Waals surface area contributed by atoms with Gasteiger partial charge in [-0.25, -0.2) is 4.90 Å². The van der Waals surface area contributed by atoms with Crippen molar-refractivity contribution in [3.63, 3.8) is 0 Å². The first-order chi connectivity index (χ1) is 23.7. The number of nitrogens with zero attached hydrogens (tertiary/aromatic N) is 1. The van der Waals surface area contributed by atoms with Gasteiger partial charge < -0.3 is 15.4 Å². The van der Waals surface area contributed by atoms with Gasteiger partial charge >= 0.3 is 0 Å². The number of halogens is 1. The molecule has 0 aliphatic carbocycles. The molecule has 2 unspecified atom stereocenters. The van der Waals surface area contributed by atoms with Gasteiger partial charge in [0.1, 0.15) is 5.75 Å². The molecule has 3 aromatic rings. The highest BCUT2D eigenvalue weighted by Crippen LogP contribution is 2.41. The summed E-state index contributed by atoms with van der Waals surface area (Å²) >= 11 is 6.86. The molecule has 1 aliphatic heterocycles. The van der Waals surface area contributed by atoms with Crippen molar-refractivity contribution in [2.24, 2.45) is 5.41 Å². The van der Waals surface area contributed by atoms with Crippen LogP contribution in [0.4, 0.5) is 11.4 Å². The van der Waals surface area contributed by atoms with E-state index in [-0.39, 0.29) is 27.6 Å². The number of benzene rings is 3. The maximum Gasteiger partial charge on any atom is 0.274 e. The predicted molar refractivity (Wildman–Crippen MR) is 201 cm³/mol. The minimum Gasteiger partial charge on any atom is -0.480 e. The van der Waals surface area contributed by atoms with Crippen LogP contribution in [0.15, 0.2) is 66.7 Å². The summed E-state index contributed by atoms with van der Waals surface area (Å²) in [6.07, 6.45) is 1.31. The lowest BCUT2D eigenvalue weighted by atomic mass is 9.76. The molecule has 9 nitrogen and oxygen atoms in total. The lowest BCUT2D eigenvalue weighted by Gasteiger charge is -2.36. The molecule has 0 saturated heterocycles. The summed E-state index contributed by atoms with van der Waals surface area (Å²) in [6, 6.07) is 18.7. The Balaban J connectivity index is 1.63. The number of fused-ring (bicyclic) bond motifs is 1. The van der Waals surface area contributed by atoms with Crippen molar-refractivity contribution in [2.45, 2.75) is 110 Å². The molecule has 51 heavy (non-hydrogen) atoms. The number of carbonyl (C=O) groups is 5. The van der Waals surface area contributed by atoms with E-state index >= 15 is 0 Å². The van der Waals surface area contributed by atoms with Gasteiger partial charge in [0.15, 0.2) is 11.9 Å². The molecule has 0 fully saturated rings. The fourth-order valence-corrected chi connectivity index (χ4v) is 6.30. The first-order valence-electron chi connectivity index (χ1n) is 17.5. The Labute approximate surface area is 306 Å². The predicted octanol–water partition coefficient (Wildman–Crippen LogP) is 8.64. The number of para-hydroxylation sites is 1. The number of imide groups is 1. The van der Waals surface area contributed by atoms with E-state index in [2.05, 4.69) is 64.3 Å². The molecule has 0 radical (unpaired) electrons. The zero-order valence-corrected chi connectivity index (χ0v) is 32.1. The third-order valence-corrected chi connectivity index (χ3v) is 10.5. The summed E-state index contributed by atoms with van der Waals surface area (Å²) in [7, 11) is 0. The van der Waals surface area contributed by atoms with Crippen molar-refractivity contribution in [1.82, 2.24) is 4.90 Å². The van der Waals surface area contributed by atoms with Gasteiger partial charge in [-0.3, -0.25) is 24.0 Å². The lowest BCUT2D eigenvalue weighted by Crippen LogP contribution is -2.62. The Hall–Kier alpha value is -4.50. The third-order valence-electron chi connectivity index (χ3n) is 9.97. The van der Waals surface area contributed by atoms with E-state index in [1.807, 2.05) is 13.0 Å². The average Bonchev–Trinajstić information content (AvgIpc) is 3.34. The van der Waals surface area contributed by atoms with E-state index in [0.717, 1.165) is 18.4 Å². The molecular weight excluding hydrogens is 666 g/mol. The molecule has 2 atom stereocenters. The first kappa shape index (κ1) is 39.3. The van der Waals surface area contributed by atoms with Crippen LogP contribution in [0.1, 0.15) is 120 Å². The van der Waals surface area contributed by atoms with Crippen LogP contribution in [0.2, 0.25) is 0 Å². The number of rotatable bonds is 13. The third kappa shape index (κ3) is 7.74. The molecule has 2 N–H and O–H groups in total. The number of amides is 4. The fraction of sp³-hybridized carbons (Fsp3) is 0.439. The molecule has 3 aromatic carbocycles. The topological polar surface area (TPSA) is 122 Å². The number of hydrogen-bond donors (Lipinski definition) is 2. The monoisotopic (exact) mass is 715 g/mol. The van der Waals surface area contributed by atoms with Crippen molar-refractivity contribution < 1.29 is 28.7 Å². The quantitative estimate of drug-likeness (QED) is 0.0791. The summed E-state index contributed by atoms with van der Waals surface area (Å²) in [5.74, 6) is -3.54. The smallest absolute Gasteiger partial charge is 0.274 e. The highest BCUT2D eigenvalue weighted by Gasteiger charge is 2.60. The Morgan fingerprint density at radius 3 is 1.92 bits per heavy atom. The molecule has 1 heterocycles. The SMILES string of the molecule is CCC(Oc1ccc(C(C)(C)CC)cc1C(C)(C)CC)C(=O)Nc1ccc2c(c1)C(=O)N(C(Cl)(C(=O)Nc1ccccc1)C(=O)C(C)(C)C)C2=O. The van der Waals surface area contributed by atoms with Crippen LogP contribution in [-0.2, 0) is 25.2 Å². The zero-order valence-electron chi connectivity index (χ0n) is 31.3. The van der Waals surface area contributed by atoms with Crippen molar-refractivity contribution in [1.29, 1.82) is 0 Å². The Kier molecular flexibility index (Phi) is 11.3. The van der Waals surface area contributed by atoms with Gasteiger partial charge in [0.05, 0.1) is 11.1 Å². The van der Waals surface area contributed by atoms with Crippen LogP contribution in [0.5, 0.6) is 5.75 Å². The van der Waals surface area contributed by atoms with Crippen LogP contribution >= 0.6 is 11.6 Å². The summed E-state index contributed by atoms with van der Waals surface area (Å²) in [5, 5.41) is 5.40. The van der Waals surface area contributed by atoms with Crippen LogP contribution in [-0.4, -0.2) is 45.4 Å². The second kappa shape index (κ2) is 14.6. The molecule has 1 aliphatic rings. The van der Waals surface area contributed by atoms with Gasteiger partial charge in [-0.15, -0.1) is 0 Å². The molecular formula is C41H50ClN3O6. The van der Waals surface area contributed by atoms with E-state index in [4.69, 9.17) is 16.3 Å². The van der Waals surface area contributed by atoms with Crippen LogP contribution in [0, 0.1) is 5.41 Å².